The van der Waals surface area contributed by atoms with Crippen molar-refractivity contribution in [2.45, 2.75) is 12.8 Å². The first kappa shape index (κ1) is 14.8. The summed E-state index contributed by atoms with van der Waals surface area (Å²) < 4.78 is 1.37. The summed E-state index contributed by atoms with van der Waals surface area (Å²) in [5, 5.41) is 8.91. The van der Waals surface area contributed by atoms with Crippen LogP contribution in [0.15, 0.2) is 65.7 Å². The number of nitrogens with zero attached hydrogens (tertiary/aromatic N) is 2. The fourth-order valence-electron chi connectivity index (χ4n) is 2.31. The van der Waals surface area contributed by atoms with E-state index >= 15 is 0 Å². The van der Waals surface area contributed by atoms with Crippen LogP contribution in [0.3, 0.4) is 0 Å². The number of rotatable bonds is 4. The van der Waals surface area contributed by atoms with Crippen LogP contribution in [0.2, 0.25) is 0 Å². The van der Waals surface area contributed by atoms with Crippen molar-refractivity contribution < 1.29 is 4.79 Å². The van der Waals surface area contributed by atoms with Crippen LogP contribution in [-0.4, -0.2) is 20.7 Å². The zero-order chi connectivity index (χ0) is 16.2. The third-order valence-corrected chi connectivity index (χ3v) is 3.64. The molecule has 0 spiro atoms. The van der Waals surface area contributed by atoms with Gasteiger partial charge in [0.05, 0.1) is 11.6 Å². The summed E-state index contributed by atoms with van der Waals surface area (Å²) in [6, 6.07) is 16.6. The Morgan fingerprint density at radius 2 is 1.96 bits per heavy atom. The predicted octanol–water partition coefficient (Wildman–Crippen LogP) is 2.30. The number of aromatic amines is 1. The summed E-state index contributed by atoms with van der Waals surface area (Å²) >= 11 is 0. The highest BCUT2D eigenvalue weighted by Crippen LogP contribution is 2.19. The maximum absolute atomic E-state index is 12.4. The summed E-state index contributed by atoms with van der Waals surface area (Å²) in [7, 11) is 0. The molecular weight excluding hydrogens is 292 g/mol. The standard InChI is InChI=1S/C17H16N4O2/c1-12(13-6-3-2-4-7-13)16(22)19-14-8-5-9-15(10-14)21-11-18-20-17(21)23/h2-12H,1H3,(H,19,22)(H,20,23)/t12-/m1/s1. The zero-order valence-corrected chi connectivity index (χ0v) is 12.6. The lowest BCUT2D eigenvalue weighted by molar-refractivity contribution is -0.117. The van der Waals surface area contributed by atoms with Crippen molar-refractivity contribution >= 4 is 11.6 Å². The molecule has 0 aliphatic rings. The second-order valence-corrected chi connectivity index (χ2v) is 5.20. The average molecular weight is 308 g/mol. The Morgan fingerprint density at radius 3 is 2.65 bits per heavy atom. The molecule has 2 aromatic carbocycles. The number of carbonyl (C=O) groups excluding carboxylic acids is 1. The molecule has 0 aliphatic heterocycles. The van der Waals surface area contributed by atoms with Gasteiger partial charge in [0.25, 0.3) is 0 Å². The summed E-state index contributed by atoms with van der Waals surface area (Å²) in [6.07, 6.45) is 1.40. The monoisotopic (exact) mass is 308 g/mol. The smallest absolute Gasteiger partial charge is 0.325 e. The molecule has 1 heterocycles. The van der Waals surface area contributed by atoms with Gasteiger partial charge in [0.2, 0.25) is 5.91 Å². The van der Waals surface area contributed by atoms with Gasteiger partial charge in [-0.15, -0.1) is 0 Å². The summed E-state index contributed by atoms with van der Waals surface area (Å²) in [5.41, 5.74) is 1.88. The average Bonchev–Trinajstić information content (AvgIpc) is 3.01. The maximum atomic E-state index is 12.4. The van der Waals surface area contributed by atoms with Crippen LogP contribution in [0.4, 0.5) is 5.69 Å². The molecule has 3 aromatic rings. The molecule has 116 valence electrons. The predicted molar refractivity (Wildman–Crippen MR) is 87.7 cm³/mol. The third-order valence-electron chi connectivity index (χ3n) is 3.64. The van der Waals surface area contributed by atoms with E-state index in [4.69, 9.17) is 0 Å². The number of aromatic nitrogens is 3. The normalized spacial score (nSPS) is 11.9. The van der Waals surface area contributed by atoms with Gasteiger partial charge in [-0.3, -0.25) is 4.79 Å². The van der Waals surface area contributed by atoms with Crippen LogP contribution in [0, 0.1) is 0 Å². The van der Waals surface area contributed by atoms with Crippen LogP contribution in [0.1, 0.15) is 18.4 Å². The second kappa shape index (κ2) is 6.31. The van der Waals surface area contributed by atoms with Gasteiger partial charge >= 0.3 is 5.69 Å². The van der Waals surface area contributed by atoms with Crippen LogP contribution in [0.5, 0.6) is 0 Å². The van der Waals surface area contributed by atoms with Crippen LogP contribution in [-0.2, 0) is 4.79 Å². The van der Waals surface area contributed by atoms with Crippen molar-refractivity contribution in [2.24, 2.45) is 0 Å². The van der Waals surface area contributed by atoms with Gasteiger partial charge in [0.15, 0.2) is 0 Å². The van der Waals surface area contributed by atoms with Crippen molar-refractivity contribution in [3.05, 3.63) is 77.0 Å². The highest BCUT2D eigenvalue weighted by molar-refractivity contribution is 5.95. The highest BCUT2D eigenvalue weighted by atomic mass is 16.2. The van der Waals surface area contributed by atoms with E-state index in [0.717, 1.165) is 5.56 Å². The number of H-pyrrole nitrogens is 1. The van der Waals surface area contributed by atoms with Gasteiger partial charge in [-0.1, -0.05) is 36.4 Å². The number of carbonyl (C=O) groups is 1. The Hall–Kier alpha value is -3.15. The van der Waals surface area contributed by atoms with Crippen molar-refractivity contribution in [2.75, 3.05) is 5.32 Å². The zero-order valence-electron chi connectivity index (χ0n) is 12.6. The second-order valence-electron chi connectivity index (χ2n) is 5.20. The molecule has 0 saturated heterocycles. The van der Waals surface area contributed by atoms with Gasteiger partial charge < -0.3 is 5.32 Å². The molecule has 6 nitrogen and oxygen atoms in total. The Morgan fingerprint density at radius 1 is 1.17 bits per heavy atom. The first-order valence-electron chi connectivity index (χ1n) is 7.23. The molecule has 0 unspecified atom stereocenters. The fourth-order valence-corrected chi connectivity index (χ4v) is 2.31. The van der Waals surface area contributed by atoms with Crippen molar-refractivity contribution in [3.8, 4) is 5.69 Å². The first-order chi connectivity index (χ1) is 11.1. The van der Waals surface area contributed by atoms with Gasteiger partial charge in [-0.05, 0) is 30.7 Å². The Bertz CT molecular complexity index is 867. The van der Waals surface area contributed by atoms with Gasteiger partial charge in [0, 0.05) is 5.69 Å². The van der Waals surface area contributed by atoms with Crippen molar-refractivity contribution in [1.82, 2.24) is 14.8 Å². The largest absolute Gasteiger partial charge is 0.347 e. The number of anilines is 1. The number of nitrogens with one attached hydrogen (secondary N) is 2. The molecule has 6 heteroatoms. The molecule has 1 atom stereocenters. The van der Waals surface area contributed by atoms with Gasteiger partial charge in [-0.25, -0.2) is 14.5 Å². The van der Waals surface area contributed by atoms with Gasteiger partial charge in [0.1, 0.15) is 6.33 Å². The van der Waals surface area contributed by atoms with E-state index in [0.29, 0.717) is 11.4 Å². The quantitative estimate of drug-likeness (QED) is 0.776. The lowest BCUT2D eigenvalue weighted by atomic mass is 10.0. The van der Waals surface area contributed by atoms with Crippen LogP contribution >= 0.6 is 0 Å². The SMILES string of the molecule is C[C@@H](C(=O)Nc1cccc(-n2cn[nH]c2=O)c1)c1ccccc1. The molecule has 0 aliphatic carbocycles. The number of hydrogen-bond acceptors (Lipinski definition) is 3. The van der Waals surface area contributed by atoms with E-state index in [1.54, 1.807) is 24.3 Å². The van der Waals surface area contributed by atoms with E-state index in [2.05, 4.69) is 15.5 Å². The first-order valence-corrected chi connectivity index (χ1v) is 7.23. The van der Waals surface area contributed by atoms with E-state index < -0.39 is 0 Å². The molecule has 0 radical (unpaired) electrons. The van der Waals surface area contributed by atoms with E-state index in [1.807, 2.05) is 37.3 Å². The number of benzene rings is 2. The summed E-state index contributed by atoms with van der Waals surface area (Å²) in [5.74, 6) is -0.371. The molecular formula is C17H16N4O2. The minimum absolute atomic E-state index is 0.104. The lowest BCUT2D eigenvalue weighted by Crippen LogP contribution is -2.19. The van der Waals surface area contributed by atoms with Gasteiger partial charge in [-0.2, -0.15) is 5.10 Å². The number of hydrogen-bond donors (Lipinski definition) is 2. The number of amides is 1. The van der Waals surface area contributed by atoms with Crippen LogP contribution < -0.4 is 11.0 Å². The molecule has 0 fully saturated rings. The lowest BCUT2D eigenvalue weighted by Gasteiger charge is -2.13. The summed E-state index contributed by atoms with van der Waals surface area (Å²) in [6.45, 7) is 1.86. The fraction of sp³-hybridized carbons (Fsp3) is 0.118. The Balaban J connectivity index is 1.79. The van der Waals surface area contributed by atoms with E-state index in [9.17, 15) is 9.59 Å². The Kier molecular flexibility index (Phi) is 4.05. The molecule has 1 aromatic heterocycles. The molecule has 1 amide bonds. The van der Waals surface area contributed by atoms with Crippen molar-refractivity contribution in [3.63, 3.8) is 0 Å². The molecule has 3 rings (SSSR count). The molecule has 0 saturated carbocycles. The van der Waals surface area contributed by atoms with E-state index in [-0.39, 0.29) is 17.5 Å². The third kappa shape index (κ3) is 3.21. The van der Waals surface area contributed by atoms with E-state index in [1.165, 1.54) is 10.9 Å². The van der Waals surface area contributed by atoms with Crippen LogP contribution in [0.25, 0.3) is 5.69 Å². The van der Waals surface area contributed by atoms with Crippen molar-refractivity contribution in [1.29, 1.82) is 0 Å². The Labute approximate surface area is 132 Å². The molecule has 23 heavy (non-hydrogen) atoms. The minimum atomic E-state index is -0.328. The maximum Gasteiger partial charge on any atom is 0.347 e. The highest BCUT2D eigenvalue weighted by Gasteiger charge is 2.15. The minimum Gasteiger partial charge on any atom is -0.325 e. The topological polar surface area (TPSA) is 79.8 Å². The summed E-state index contributed by atoms with van der Waals surface area (Å²) in [4.78, 5) is 24.0. The molecule has 2 N–H and O–H groups in total. The molecule has 0 bridgehead atoms.